The number of rotatable bonds is 4. The molecule has 0 aliphatic carbocycles. The van der Waals surface area contributed by atoms with Gasteiger partial charge in [0.15, 0.2) is 0 Å². The second kappa shape index (κ2) is 7.56. The van der Waals surface area contributed by atoms with Gasteiger partial charge >= 0.3 is 17.8 Å². The topological polar surface area (TPSA) is 93.7 Å². The van der Waals surface area contributed by atoms with E-state index >= 15 is 0 Å². The van der Waals surface area contributed by atoms with Gasteiger partial charge in [-0.3, -0.25) is 9.59 Å². The van der Waals surface area contributed by atoms with Crippen LogP contribution in [0.4, 0.5) is 5.69 Å². The van der Waals surface area contributed by atoms with Crippen molar-refractivity contribution in [2.45, 2.75) is 18.9 Å². The number of anilines is 1. The number of hydrogen-bond acceptors (Lipinski definition) is 5. The van der Waals surface area contributed by atoms with E-state index in [0.717, 1.165) is 12.8 Å². The maximum Gasteiger partial charge on any atom is 0.337 e. The average molecular weight is 306 g/mol. The summed E-state index contributed by atoms with van der Waals surface area (Å²) >= 11 is 0. The third-order valence-corrected chi connectivity index (χ3v) is 3.28. The monoisotopic (exact) mass is 306 g/mol. The van der Waals surface area contributed by atoms with Gasteiger partial charge in [-0.25, -0.2) is 4.79 Å². The molecule has 2 rings (SSSR count). The number of methoxy groups -OCH3 is 1. The van der Waals surface area contributed by atoms with Crippen LogP contribution in [0.1, 0.15) is 23.2 Å². The Bertz CT molecular complexity index is 550. The van der Waals surface area contributed by atoms with E-state index in [1.54, 1.807) is 0 Å². The Morgan fingerprint density at radius 3 is 2.55 bits per heavy atom. The molecule has 2 amide bonds. The molecule has 1 aromatic carbocycles. The number of benzene rings is 1. The first kappa shape index (κ1) is 16.0. The predicted octanol–water partition coefficient (Wildman–Crippen LogP) is 0.707. The van der Waals surface area contributed by atoms with Crippen molar-refractivity contribution in [3.05, 3.63) is 29.8 Å². The zero-order chi connectivity index (χ0) is 15.9. The maximum atomic E-state index is 11.7. The molecule has 0 bridgehead atoms. The van der Waals surface area contributed by atoms with Gasteiger partial charge < -0.3 is 20.1 Å². The van der Waals surface area contributed by atoms with Crippen LogP contribution in [0.15, 0.2) is 24.3 Å². The fraction of sp³-hybridized carbons (Fsp3) is 0.400. The van der Waals surface area contributed by atoms with Crippen LogP contribution in [-0.4, -0.2) is 44.1 Å². The van der Waals surface area contributed by atoms with Crippen LogP contribution in [-0.2, 0) is 19.1 Å². The zero-order valence-electron chi connectivity index (χ0n) is 12.3. The third kappa shape index (κ3) is 4.29. The summed E-state index contributed by atoms with van der Waals surface area (Å²) in [6.07, 6.45) is 1.84. The van der Waals surface area contributed by atoms with Gasteiger partial charge in [0.2, 0.25) is 0 Å². The van der Waals surface area contributed by atoms with E-state index in [-0.39, 0.29) is 6.10 Å². The fourth-order valence-corrected chi connectivity index (χ4v) is 2.09. The lowest BCUT2D eigenvalue weighted by Gasteiger charge is -2.10. The van der Waals surface area contributed by atoms with Crippen LogP contribution in [0.2, 0.25) is 0 Å². The standard InChI is InChI=1S/C15H18N2O5/c1-21-15(20)10-4-6-11(7-5-10)17-14(19)13(18)16-9-12-3-2-8-22-12/h4-7,12H,2-3,8-9H2,1H3,(H,16,18)(H,17,19)/t12-/m0/s1. The summed E-state index contributed by atoms with van der Waals surface area (Å²) in [4.78, 5) is 34.7. The Kier molecular flexibility index (Phi) is 5.48. The van der Waals surface area contributed by atoms with Crippen molar-refractivity contribution in [2.75, 3.05) is 25.6 Å². The van der Waals surface area contributed by atoms with Crippen LogP contribution >= 0.6 is 0 Å². The molecule has 1 saturated heterocycles. The van der Waals surface area contributed by atoms with Crippen molar-refractivity contribution < 1.29 is 23.9 Å². The number of nitrogens with one attached hydrogen (secondary N) is 2. The molecule has 7 nitrogen and oxygen atoms in total. The molecular formula is C15H18N2O5. The predicted molar refractivity (Wildman–Crippen MR) is 78.4 cm³/mol. The van der Waals surface area contributed by atoms with Crippen LogP contribution in [0.25, 0.3) is 0 Å². The first-order chi connectivity index (χ1) is 10.6. The highest BCUT2D eigenvalue weighted by Crippen LogP contribution is 2.11. The molecule has 0 radical (unpaired) electrons. The number of esters is 1. The molecule has 7 heteroatoms. The molecule has 0 saturated carbocycles. The van der Waals surface area contributed by atoms with Gasteiger partial charge in [-0.2, -0.15) is 0 Å². The van der Waals surface area contributed by atoms with Crippen molar-refractivity contribution in [2.24, 2.45) is 0 Å². The third-order valence-electron chi connectivity index (χ3n) is 3.28. The Morgan fingerprint density at radius 1 is 1.23 bits per heavy atom. The van der Waals surface area contributed by atoms with E-state index in [1.165, 1.54) is 31.4 Å². The van der Waals surface area contributed by atoms with Crippen molar-refractivity contribution >= 4 is 23.5 Å². The van der Waals surface area contributed by atoms with Gasteiger partial charge in [0.05, 0.1) is 18.8 Å². The quantitative estimate of drug-likeness (QED) is 0.631. The van der Waals surface area contributed by atoms with Gasteiger partial charge in [0.25, 0.3) is 0 Å². The second-order valence-corrected chi connectivity index (χ2v) is 4.87. The minimum Gasteiger partial charge on any atom is -0.465 e. The molecular weight excluding hydrogens is 288 g/mol. The minimum atomic E-state index is -0.760. The van der Waals surface area contributed by atoms with Gasteiger partial charge in [-0.05, 0) is 37.1 Å². The summed E-state index contributed by atoms with van der Waals surface area (Å²) in [5.74, 6) is -1.94. The lowest BCUT2D eigenvalue weighted by molar-refractivity contribution is -0.136. The highest BCUT2D eigenvalue weighted by atomic mass is 16.5. The smallest absolute Gasteiger partial charge is 0.337 e. The zero-order valence-corrected chi connectivity index (χ0v) is 12.3. The molecule has 0 aromatic heterocycles. The van der Waals surface area contributed by atoms with E-state index in [4.69, 9.17) is 4.74 Å². The first-order valence-electron chi connectivity index (χ1n) is 6.99. The lowest BCUT2D eigenvalue weighted by Crippen LogP contribution is -2.39. The van der Waals surface area contributed by atoms with E-state index in [0.29, 0.717) is 24.4 Å². The fourth-order valence-electron chi connectivity index (χ4n) is 2.09. The number of carbonyl (C=O) groups excluding carboxylic acids is 3. The van der Waals surface area contributed by atoms with Crippen molar-refractivity contribution in [1.82, 2.24) is 5.32 Å². The molecule has 1 aliphatic rings. The van der Waals surface area contributed by atoms with Gasteiger partial charge in [0, 0.05) is 18.8 Å². The van der Waals surface area contributed by atoms with Crippen molar-refractivity contribution in [1.29, 1.82) is 0 Å². The highest BCUT2D eigenvalue weighted by Gasteiger charge is 2.19. The summed E-state index contributed by atoms with van der Waals surface area (Å²) in [6.45, 7) is 1.02. The largest absolute Gasteiger partial charge is 0.465 e. The molecule has 1 aliphatic heterocycles. The molecule has 0 unspecified atom stereocenters. The van der Waals surface area contributed by atoms with E-state index in [1.807, 2.05) is 0 Å². The number of ether oxygens (including phenoxy) is 2. The molecule has 1 fully saturated rings. The normalized spacial score (nSPS) is 16.9. The highest BCUT2D eigenvalue weighted by molar-refractivity contribution is 6.39. The van der Waals surface area contributed by atoms with E-state index in [2.05, 4.69) is 15.4 Å². The van der Waals surface area contributed by atoms with Gasteiger partial charge in [-0.1, -0.05) is 0 Å². The van der Waals surface area contributed by atoms with Gasteiger partial charge in [0.1, 0.15) is 0 Å². The second-order valence-electron chi connectivity index (χ2n) is 4.87. The van der Waals surface area contributed by atoms with Crippen molar-refractivity contribution in [3.8, 4) is 0 Å². The lowest BCUT2D eigenvalue weighted by atomic mass is 10.2. The summed E-state index contributed by atoms with van der Waals surface area (Å²) in [6, 6.07) is 6.06. The van der Waals surface area contributed by atoms with Crippen molar-refractivity contribution in [3.63, 3.8) is 0 Å². The molecule has 118 valence electrons. The Morgan fingerprint density at radius 2 is 1.95 bits per heavy atom. The average Bonchev–Trinajstić information content (AvgIpc) is 3.06. The molecule has 22 heavy (non-hydrogen) atoms. The van der Waals surface area contributed by atoms with E-state index < -0.39 is 17.8 Å². The minimum absolute atomic E-state index is 0.0175. The molecule has 1 heterocycles. The van der Waals surface area contributed by atoms with Crippen LogP contribution in [0, 0.1) is 0 Å². The molecule has 2 N–H and O–H groups in total. The molecule has 1 atom stereocenters. The Balaban J connectivity index is 1.82. The van der Waals surface area contributed by atoms with Crippen LogP contribution in [0.3, 0.4) is 0 Å². The molecule has 0 spiro atoms. The first-order valence-corrected chi connectivity index (χ1v) is 6.99. The number of hydrogen-bond donors (Lipinski definition) is 2. The van der Waals surface area contributed by atoms with E-state index in [9.17, 15) is 14.4 Å². The summed E-state index contributed by atoms with van der Waals surface area (Å²) in [5.41, 5.74) is 0.785. The summed E-state index contributed by atoms with van der Waals surface area (Å²) in [5, 5.41) is 4.99. The molecule has 1 aromatic rings. The maximum absolute atomic E-state index is 11.7. The van der Waals surface area contributed by atoms with Gasteiger partial charge in [-0.15, -0.1) is 0 Å². The van der Waals surface area contributed by atoms with Crippen LogP contribution < -0.4 is 10.6 Å². The number of carbonyl (C=O) groups is 3. The summed E-state index contributed by atoms with van der Waals surface area (Å²) < 4.78 is 9.93. The summed E-state index contributed by atoms with van der Waals surface area (Å²) in [7, 11) is 1.29. The SMILES string of the molecule is COC(=O)c1ccc(NC(=O)C(=O)NC[C@@H]2CCCO2)cc1. The number of amides is 2. The Labute approximate surface area is 128 Å². The van der Waals surface area contributed by atoms with Crippen LogP contribution in [0.5, 0.6) is 0 Å². The Hall–Kier alpha value is -2.41.